The summed E-state index contributed by atoms with van der Waals surface area (Å²) >= 11 is 0. The molecule has 1 heterocycles. The molecule has 0 atom stereocenters. The maximum absolute atomic E-state index is 5.36. The van der Waals surface area contributed by atoms with Crippen LogP contribution in [0.25, 0.3) is 11.3 Å². The van der Waals surface area contributed by atoms with E-state index in [4.69, 9.17) is 4.74 Å². The van der Waals surface area contributed by atoms with Crippen LogP contribution in [0.5, 0.6) is 5.75 Å². The van der Waals surface area contributed by atoms with Crippen LogP contribution >= 0.6 is 0 Å². The molecule has 0 saturated heterocycles. The number of nitrogens with zero attached hydrogens (tertiary/aromatic N) is 2. The number of hydrogen-bond donors (Lipinski definition) is 1. The van der Waals surface area contributed by atoms with Gasteiger partial charge in [-0.2, -0.15) is 5.10 Å². The molecule has 4 heteroatoms. The van der Waals surface area contributed by atoms with Crippen molar-refractivity contribution >= 4 is 0 Å². The fraction of sp³-hybridized carbons (Fsp3) is 0.357. The molecule has 0 unspecified atom stereocenters. The highest BCUT2D eigenvalue weighted by Gasteiger charge is 2.08. The summed E-state index contributed by atoms with van der Waals surface area (Å²) < 4.78 is 7.36. The third-order valence-electron chi connectivity index (χ3n) is 2.96. The van der Waals surface area contributed by atoms with Gasteiger partial charge in [0, 0.05) is 30.4 Å². The molecule has 0 spiro atoms. The smallest absolute Gasteiger partial charge is 0.123 e. The first-order valence-electron chi connectivity index (χ1n) is 6.13. The lowest BCUT2D eigenvalue weighted by Crippen LogP contribution is -2.07. The molecule has 4 nitrogen and oxygen atoms in total. The molecule has 0 radical (unpaired) electrons. The Morgan fingerprint density at radius 1 is 1.33 bits per heavy atom. The number of ether oxygens (including phenoxy) is 1. The van der Waals surface area contributed by atoms with Gasteiger partial charge >= 0.3 is 0 Å². The fourth-order valence-electron chi connectivity index (χ4n) is 2.10. The third-order valence-corrected chi connectivity index (χ3v) is 2.96. The topological polar surface area (TPSA) is 39.1 Å². The molecule has 0 aliphatic carbocycles. The molecule has 1 aromatic heterocycles. The van der Waals surface area contributed by atoms with E-state index in [-0.39, 0.29) is 0 Å². The van der Waals surface area contributed by atoms with Crippen LogP contribution in [0.1, 0.15) is 12.5 Å². The second-order valence-electron chi connectivity index (χ2n) is 4.09. The minimum atomic E-state index is 0.789. The van der Waals surface area contributed by atoms with Gasteiger partial charge in [0.25, 0.3) is 0 Å². The Morgan fingerprint density at radius 3 is 2.83 bits per heavy atom. The van der Waals surface area contributed by atoms with Gasteiger partial charge in [0.1, 0.15) is 5.75 Å². The summed E-state index contributed by atoms with van der Waals surface area (Å²) in [5, 5.41) is 7.46. The summed E-state index contributed by atoms with van der Waals surface area (Å²) in [6, 6.07) is 8.27. The van der Waals surface area contributed by atoms with Gasteiger partial charge in [-0.05, 0) is 38.2 Å². The number of methoxy groups -OCH3 is 1. The maximum atomic E-state index is 5.36. The zero-order valence-electron chi connectivity index (χ0n) is 11.1. The van der Waals surface area contributed by atoms with Crippen LogP contribution in [0.4, 0.5) is 0 Å². The zero-order valence-corrected chi connectivity index (χ0v) is 11.1. The molecule has 2 aromatic rings. The molecule has 2 rings (SSSR count). The highest BCUT2D eigenvalue weighted by molar-refractivity contribution is 5.62. The summed E-state index contributed by atoms with van der Waals surface area (Å²) in [7, 11) is 3.63. The van der Waals surface area contributed by atoms with E-state index in [0.717, 1.165) is 30.1 Å². The lowest BCUT2D eigenvalue weighted by Gasteiger charge is -2.11. The Labute approximate surface area is 108 Å². The Morgan fingerprint density at radius 2 is 2.17 bits per heavy atom. The largest absolute Gasteiger partial charge is 0.496 e. The number of benzene rings is 1. The summed E-state index contributed by atoms with van der Waals surface area (Å²) in [5.41, 5.74) is 3.46. The number of aryl methyl sites for hydroxylation is 1. The monoisotopic (exact) mass is 245 g/mol. The quantitative estimate of drug-likeness (QED) is 0.878. The predicted octanol–water partition coefficient (Wildman–Crippen LogP) is 2.30. The van der Waals surface area contributed by atoms with Crippen LogP contribution in [0.3, 0.4) is 0 Å². The minimum Gasteiger partial charge on any atom is -0.496 e. The molecule has 96 valence electrons. The van der Waals surface area contributed by atoms with Gasteiger partial charge in [0.15, 0.2) is 0 Å². The Kier molecular flexibility index (Phi) is 3.99. The number of aromatic nitrogens is 2. The van der Waals surface area contributed by atoms with Crippen molar-refractivity contribution in [3.8, 4) is 17.0 Å². The van der Waals surface area contributed by atoms with Crippen molar-refractivity contribution in [2.45, 2.75) is 20.0 Å². The van der Waals surface area contributed by atoms with E-state index in [0.29, 0.717) is 0 Å². The molecule has 1 N–H and O–H groups in total. The van der Waals surface area contributed by atoms with Crippen molar-refractivity contribution in [2.75, 3.05) is 14.2 Å². The van der Waals surface area contributed by atoms with Gasteiger partial charge in [-0.3, -0.25) is 4.68 Å². The van der Waals surface area contributed by atoms with Crippen molar-refractivity contribution in [2.24, 2.45) is 0 Å². The lowest BCUT2D eigenvalue weighted by molar-refractivity contribution is 0.408. The standard InChI is InChI=1S/C14H19N3O/c1-4-17-13(7-8-16-17)11-5-6-14(18-3)12(9-11)10-15-2/h5-9,15H,4,10H2,1-3H3. The average Bonchev–Trinajstić information content (AvgIpc) is 2.87. The first-order valence-corrected chi connectivity index (χ1v) is 6.13. The highest BCUT2D eigenvalue weighted by atomic mass is 16.5. The van der Waals surface area contributed by atoms with Gasteiger partial charge in [-0.1, -0.05) is 0 Å². The molecule has 0 saturated carbocycles. The van der Waals surface area contributed by atoms with Gasteiger partial charge in [-0.15, -0.1) is 0 Å². The van der Waals surface area contributed by atoms with E-state index < -0.39 is 0 Å². The molecule has 0 fully saturated rings. The zero-order chi connectivity index (χ0) is 13.0. The van der Waals surface area contributed by atoms with E-state index >= 15 is 0 Å². The van der Waals surface area contributed by atoms with Crippen molar-refractivity contribution in [1.82, 2.24) is 15.1 Å². The normalized spacial score (nSPS) is 10.6. The second-order valence-corrected chi connectivity index (χ2v) is 4.09. The Balaban J connectivity index is 2.43. The number of hydrogen-bond acceptors (Lipinski definition) is 3. The molecule has 18 heavy (non-hydrogen) atoms. The van der Waals surface area contributed by atoms with Gasteiger partial charge in [-0.25, -0.2) is 0 Å². The Hall–Kier alpha value is -1.81. The lowest BCUT2D eigenvalue weighted by atomic mass is 10.1. The van der Waals surface area contributed by atoms with Crippen molar-refractivity contribution in [1.29, 1.82) is 0 Å². The molecular formula is C14H19N3O. The first kappa shape index (κ1) is 12.6. The fourth-order valence-corrected chi connectivity index (χ4v) is 2.10. The molecule has 0 aliphatic rings. The first-order chi connectivity index (χ1) is 8.80. The number of rotatable bonds is 5. The highest BCUT2D eigenvalue weighted by Crippen LogP contribution is 2.26. The second kappa shape index (κ2) is 5.69. The van der Waals surface area contributed by atoms with Crippen molar-refractivity contribution in [3.63, 3.8) is 0 Å². The Bertz CT molecular complexity index is 520. The SMILES string of the molecule is CCn1nccc1-c1ccc(OC)c(CNC)c1. The summed E-state index contributed by atoms with van der Waals surface area (Å²) in [5.74, 6) is 0.913. The van der Waals surface area contributed by atoms with E-state index in [9.17, 15) is 0 Å². The summed E-state index contributed by atoms with van der Waals surface area (Å²) in [4.78, 5) is 0. The van der Waals surface area contributed by atoms with Gasteiger partial charge < -0.3 is 10.1 Å². The third kappa shape index (κ3) is 2.38. The summed E-state index contributed by atoms with van der Waals surface area (Å²) in [6.07, 6.45) is 1.83. The molecule has 0 amide bonds. The van der Waals surface area contributed by atoms with Crippen LogP contribution in [0.2, 0.25) is 0 Å². The van der Waals surface area contributed by atoms with Crippen LogP contribution in [0, 0.1) is 0 Å². The molecule has 0 bridgehead atoms. The van der Waals surface area contributed by atoms with Crippen LogP contribution < -0.4 is 10.1 Å². The predicted molar refractivity (Wildman–Crippen MR) is 72.7 cm³/mol. The van der Waals surface area contributed by atoms with E-state index in [1.807, 2.05) is 30.1 Å². The van der Waals surface area contributed by atoms with Crippen molar-refractivity contribution < 1.29 is 4.74 Å². The minimum absolute atomic E-state index is 0.789. The van der Waals surface area contributed by atoms with E-state index in [1.54, 1.807) is 7.11 Å². The van der Waals surface area contributed by atoms with Crippen LogP contribution in [-0.4, -0.2) is 23.9 Å². The molecule has 0 aliphatic heterocycles. The molecule has 1 aromatic carbocycles. The number of nitrogens with one attached hydrogen (secondary N) is 1. The van der Waals surface area contributed by atoms with Gasteiger partial charge in [0.05, 0.1) is 12.8 Å². The van der Waals surface area contributed by atoms with Crippen LogP contribution in [-0.2, 0) is 13.1 Å². The average molecular weight is 245 g/mol. The summed E-state index contributed by atoms with van der Waals surface area (Å²) in [6.45, 7) is 3.75. The molecular weight excluding hydrogens is 226 g/mol. The maximum Gasteiger partial charge on any atom is 0.123 e. The van der Waals surface area contributed by atoms with E-state index in [2.05, 4.69) is 29.5 Å². The van der Waals surface area contributed by atoms with E-state index in [1.165, 1.54) is 5.56 Å². The van der Waals surface area contributed by atoms with Crippen molar-refractivity contribution in [3.05, 3.63) is 36.0 Å². The van der Waals surface area contributed by atoms with Crippen LogP contribution in [0.15, 0.2) is 30.5 Å². The van der Waals surface area contributed by atoms with Gasteiger partial charge in [0.2, 0.25) is 0 Å².